The highest BCUT2D eigenvalue weighted by Gasteiger charge is 2.34. The van der Waals surface area contributed by atoms with Gasteiger partial charge in [-0.05, 0) is 36.5 Å². The number of hydrogen-bond acceptors (Lipinski definition) is 3. The maximum atomic E-state index is 9.85. The predicted octanol–water partition coefficient (Wildman–Crippen LogP) is 1.37. The van der Waals surface area contributed by atoms with Gasteiger partial charge in [0.05, 0.1) is 19.3 Å². The highest BCUT2D eigenvalue weighted by Crippen LogP contribution is 2.34. The Labute approximate surface area is 95.7 Å². The van der Waals surface area contributed by atoms with Gasteiger partial charge in [-0.2, -0.15) is 0 Å². The van der Waals surface area contributed by atoms with E-state index in [0.717, 1.165) is 24.2 Å². The third-order valence-electron chi connectivity index (χ3n) is 3.08. The molecule has 1 aromatic rings. The number of benzene rings is 1. The van der Waals surface area contributed by atoms with Gasteiger partial charge in [-0.25, -0.2) is 0 Å². The average molecular weight is 222 g/mol. The third-order valence-corrected chi connectivity index (χ3v) is 3.08. The molecule has 0 radical (unpaired) electrons. The fourth-order valence-corrected chi connectivity index (χ4v) is 1.91. The van der Waals surface area contributed by atoms with Crippen molar-refractivity contribution in [3.05, 3.63) is 29.8 Å². The van der Waals surface area contributed by atoms with Crippen LogP contribution in [0.5, 0.6) is 5.75 Å². The molecule has 0 aromatic heterocycles. The first-order chi connectivity index (χ1) is 7.70. The van der Waals surface area contributed by atoms with Crippen molar-refractivity contribution in [3.8, 4) is 5.75 Å². The first kappa shape index (κ1) is 11.4. The first-order valence-corrected chi connectivity index (χ1v) is 5.70. The van der Waals surface area contributed by atoms with E-state index < -0.39 is 12.2 Å². The summed E-state index contributed by atoms with van der Waals surface area (Å²) < 4.78 is 5.11. The monoisotopic (exact) mass is 222 g/mol. The summed E-state index contributed by atoms with van der Waals surface area (Å²) in [5, 5.41) is 19.6. The number of ether oxygens (including phenoxy) is 1. The van der Waals surface area contributed by atoms with Crippen molar-refractivity contribution < 1.29 is 14.9 Å². The van der Waals surface area contributed by atoms with Gasteiger partial charge in [-0.1, -0.05) is 12.1 Å². The molecule has 1 aliphatic carbocycles. The van der Waals surface area contributed by atoms with Crippen LogP contribution in [0.15, 0.2) is 24.3 Å². The van der Waals surface area contributed by atoms with Gasteiger partial charge in [0.2, 0.25) is 0 Å². The zero-order valence-electron chi connectivity index (χ0n) is 9.47. The molecule has 16 heavy (non-hydrogen) atoms. The number of rotatable bonds is 5. The second-order valence-electron chi connectivity index (χ2n) is 4.45. The van der Waals surface area contributed by atoms with E-state index in [9.17, 15) is 10.2 Å². The van der Waals surface area contributed by atoms with Crippen LogP contribution in [0.3, 0.4) is 0 Å². The molecule has 1 aliphatic rings. The zero-order valence-corrected chi connectivity index (χ0v) is 9.47. The molecule has 2 unspecified atom stereocenters. The fourth-order valence-electron chi connectivity index (χ4n) is 1.91. The second-order valence-corrected chi connectivity index (χ2v) is 4.45. The summed E-state index contributed by atoms with van der Waals surface area (Å²) in [6.45, 7) is 0. The van der Waals surface area contributed by atoms with E-state index in [-0.39, 0.29) is 0 Å². The molecule has 88 valence electrons. The minimum absolute atomic E-state index is 0.306. The summed E-state index contributed by atoms with van der Waals surface area (Å²) in [4.78, 5) is 0. The number of methoxy groups -OCH3 is 1. The Bertz CT molecular complexity index is 347. The topological polar surface area (TPSA) is 49.7 Å². The molecule has 1 aromatic carbocycles. The van der Waals surface area contributed by atoms with Crippen LogP contribution < -0.4 is 4.74 Å². The Balaban J connectivity index is 1.96. The van der Waals surface area contributed by atoms with E-state index in [0.29, 0.717) is 12.3 Å². The van der Waals surface area contributed by atoms with Crippen molar-refractivity contribution in [2.75, 3.05) is 7.11 Å². The van der Waals surface area contributed by atoms with E-state index >= 15 is 0 Å². The van der Waals surface area contributed by atoms with Gasteiger partial charge in [0.1, 0.15) is 5.75 Å². The normalized spacial score (nSPS) is 19.2. The summed E-state index contributed by atoms with van der Waals surface area (Å²) in [5.74, 6) is 1.09. The molecule has 3 nitrogen and oxygen atoms in total. The summed E-state index contributed by atoms with van der Waals surface area (Å²) in [6, 6.07) is 7.59. The lowest BCUT2D eigenvalue weighted by atomic mass is 10.0. The Morgan fingerprint density at radius 1 is 1.38 bits per heavy atom. The largest absolute Gasteiger partial charge is 0.497 e. The van der Waals surface area contributed by atoms with Crippen LogP contribution in [0.1, 0.15) is 18.4 Å². The fraction of sp³-hybridized carbons (Fsp3) is 0.538. The smallest absolute Gasteiger partial charge is 0.119 e. The molecule has 0 aliphatic heterocycles. The van der Waals surface area contributed by atoms with E-state index in [1.54, 1.807) is 7.11 Å². The molecule has 2 rings (SSSR count). The lowest BCUT2D eigenvalue weighted by molar-refractivity contribution is 0.00671. The minimum atomic E-state index is -0.667. The first-order valence-electron chi connectivity index (χ1n) is 5.70. The molecule has 0 saturated heterocycles. The molecular formula is C13H18O3. The van der Waals surface area contributed by atoms with Gasteiger partial charge >= 0.3 is 0 Å². The molecule has 0 bridgehead atoms. The molecule has 3 heteroatoms. The summed E-state index contributed by atoms with van der Waals surface area (Å²) >= 11 is 0. The Morgan fingerprint density at radius 2 is 2.12 bits per heavy atom. The second kappa shape index (κ2) is 4.85. The summed E-state index contributed by atoms with van der Waals surface area (Å²) in [5.41, 5.74) is 0.992. The molecule has 1 fully saturated rings. The van der Waals surface area contributed by atoms with Crippen LogP contribution in [0.25, 0.3) is 0 Å². The van der Waals surface area contributed by atoms with Crippen LogP contribution in [0.4, 0.5) is 0 Å². The van der Waals surface area contributed by atoms with Crippen molar-refractivity contribution >= 4 is 0 Å². The highest BCUT2D eigenvalue weighted by atomic mass is 16.5. The van der Waals surface area contributed by atoms with Crippen LogP contribution in [-0.4, -0.2) is 29.5 Å². The zero-order chi connectivity index (χ0) is 11.5. The predicted molar refractivity (Wildman–Crippen MR) is 61.4 cm³/mol. The lowest BCUT2D eigenvalue weighted by Gasteiger charge is -2.17. The van der Waals surface area contributed by atoms with Crippen LogP contribution in [-0.2, 0) is 6.42 Å². The molecule has 0 amide bonds. The van der Waals surface area contributed by atoms with E-state index in [1.165, 1.54) is 0 Å². The summed E-state index contributed by atoms with van der Waals surface area (Å²) in [6.07, 6.45) is 1.31. The molecule has 1 saturated carbocycles. The lowest BCUT2D eigenvalue weighted by Crippen LogP contribution is -2.29. The van der Waals surface area contributed by atoms with Gasteiger partial charge < -0.3 is 14.9 Å². The van der Waals surface area contributed by atoms with Crippen molar-refractivity contribution in [1.29, 1.82) is 0 Å². The third kappa shape index (κ3) is 2.74. The van der Waals surface area contributed by atoms with Gasteiger partial charge in [-0.3, -0.25) is 0 Å². The van der Waals surface area contributed by atoms with Crippen LogP contribution >= 0.6 is 0 Å². The molecule has 2 atom stereocenters. The maximum absolute atomic E-state index is 9.85. The molecule has 0 heterocycles. The van der Waals surface area contributed by atoms with Crippen LogP contribution in [0, 0.1) is 5.92 Å². The van der Waals surface area contributed by atoms with E-state index in [2.05, 4.69) is 0 Å². The number of aliphatic hydroxyl groups is 2. The van der Waals surface area contributed by atoms with Crippen LogP contribution in [0.2, 0.25) is 0 Å². The Hall–Kier alpha value is -1.06. The van der Waals surface area contributed by atoms with E-state index in [4.69, 9.17) is 4.74 Å². The SMILES string of the molecule is COc1cccc(CC(O)C(O)C2CC2)c1. The highest BCUT2D eigenvalue weighted by molar-refractivity contribution is 5.28. The van der Waals surface area contributed by atoms with Crippen molar-refractivity contribution in [2.45, 2.75) is 31.5 Å². The average Bonchev–Trinajstić information content (AvgIpc) is 3.12. The number of aliphatic hydroxyl groups excluding tert-OH is 2. The molecule has 2 N–H and O–H groups in total. The standard InChI is InChI=1S/C13H18O3/c1-16-11-4-2-3-9(7-11)8-12(14)13(15)10-5-6-10/h2-4,7,10,12-15H,5-6,8H2,1H3. The van der Waals surface area contributed by atoms with E-state index in [1.807, 2.05) is 24.3 Å². The molecular weight excluding hydrogens is 204 g/mol. The minimum Gasteiger partial charge on any atom is -0.497 e. The van der Waals surface area contributed by atoms with Gasteiger partial charge in [-0.15, -0.1) is 0 Å². The Morgan fingerprint density at radius 3 is 2.75 bits per heavy atom. The molecule has 0 spiro atoms. The van der Waals surface area contributed by atoms with Crippen molar-refractivity contribution in [3.63, 3.8) is 0 Å². The van der Waals surface area contributed by atoms with Gasteiger partial charge in [0, 0.05) is 6.42 Å². The Kier molecular flexibility index (Phi) is 3.46. The van der Waals surface area contributed by atoms with Gasteiger partial charge in [0.15, 0.2) is 0 Å². The number of hydrogen-bond donors (Lipinski definition) is 2. The van der Waals surface area contributed by atoms with Crippen molar-refractivity contribution in [1.82, 2.24) is 0 Å². The van der Waals surface area contributed by atoms with Crippen molar-refractivity contribution in [2.24, 2.45) is 5.92 Å². The summed E-state index contributed by atoms with van der Waals surface area (Å²) in [7, 11) is 1.62. The maximum Gasteiger partial charge on any atom is 0.119 e. The van der Waals surface area contributed by atoms with Gasteiger partial charge in [0.25, 0.3) is 0 Å². The quantitative estimate of drug-likeness (QED) is 0.791.